The van der Waals surface area contributed by atoms with Crippen LogP contribution in [0.25, 0.3) is 22.0 Å². The van der Waals surface area contributed by atoms with E-state index in [-0.39, 0.29) is 29.3 Å². The molecule has 0 spiro atoms. The summed E-state index contributed by atoms with van der Waals surface area (Å²) in [6, 6.07) is 10.1. The molecular weight excluding hydrogens is 433 g/mol. The predicted octanol–water partition coefficient (Wildman–Crippen LogP) is 4.87. The molecule has 1 fully saturated rings. The molecule has 7 heteroatoms. The molecule has 0 radical (unpaired) electrons. The maximum Gasteiger partial charge on any atom is 0.250 e. The zero-order chi connectivity index (χ0) is 24.2. The summed E-state index contributed by atoms with van der Waals surface area (Å²) < 4.78 is 16.1. The van der Waals surface area contributed by atoms with Gasteiger partial charge in [-0.05, 0) is 73.4 Å². The molecule has 34 heavy (non-hydrogen) atoms. The van der Waals surface area contributed by atoms with E-state index < -0.39 is 5.91 Å². The Hall–Kier alpha value is -3.19. The van der Waals surface area contributed by atoms with Gasteiger partial charge in [0.15, 0.2) is 0 Å². The first-order valence-corrected chi connectivity index (χ1v) is 11.9. The number of primary amides is 1. The van der Waals surface area contributed by atoms with Crippen molar-refractivity contribution in [2.45, 2.75) is 64.5 Å². The largest absolute Gasteiger partial charge is 0.393 e. The Morgan fingerprint density at radius 1 is 1.12 bits per heavy atom. The van der Waals surface area contributed by atoms with Crippen LogP contribution < -0.4 is 11.1 Å². The summed E-state index contributed by atoms with van der Waals surface area (Å²) in [6.45, 7) is 4.13. The summed E-state index contributed by atoms with van der Waals surface area (Å²) in [4.78, 5) is 25.3. The Labute approximate surface area is 197 Å². The molecule has 1 amide bonds. The Balaban J connectivity index is 1.67. The summed E-state index contributed by atoms with van der Waals surface area (Å²) in [5.74, 6) is -0.894. The third-order valence-corrected chi connectivity index (χ3v) is 7.18. The van der Waals surface area contributed by atoms with E-state index in [1.54, 1.807) is 16.7 Å². The molecular formula is C27H30FN3O3. The number of rotatable bonds is 4. The fourth-order valence-corrected chi connectivity index (χ4v) is 5.57. The van der Waals surface area contributed by atoms with E-state index in [1.165, 1.54) is 12.1 Å². The van der Waals surface area contributed by atoms with Gasteiger partial charge in [-0.25, -0.2) is 4.39 Å². The minimum atomic E-state index is -0.531. The van der Waals surface area contributed by atoms with Crippen LogP contribution in [0.2, 0.25) is 0 Å². The number of benzene rings is 2. The second kappa shape index (κ2) is 8.24. The number of amides is 1. The SMILES string of the molecule is CC1(C)CC(=O)n2c(c(-c3ccc(C(N)=O)c(NC4CCC(O)CC4)c3)c3cc(F)ccc32)C1. The van der Waals surface area contributed by atoms with E-state index in [9.17, 15) is 19.1 Å². The molecule has 4 N–H and O–H groups in total. The number of aromatic nitrogens is 1. The number of anilines is 1. The van der Waals surface area contributed by atoms with Gasteiger partial charge in [-0.1, -0.05) is 19.9 Å². The van der Waals surface area contributed by atoms with Crippen LogP contribution in [0.15, 0.2) is 36.4 Å². The lowest BCUT2D eigenvalue weighted by Crippen LogP contribution is -2.31. The topological polar surface area (TPSA) is 97.4 Å². The zero-order valence-corrected chi connectivity index (χ0v) is 19.5. The molecule has 2 aromatic carbocycles. The summed E-state index contributed by atoms with van der Waals surface area (Å²) >= 11 is 0. The predicted molar refractivity (Wildman–Crippen MR) is 130 cm³/mol. The molecule has 1 aliphatic heterocycles. The quantitative estimate of drug-likeness (QED) is 0.514. The number of carbonyl (C=O) groups excluding carboxylic acids is 2. The van der Waals surface area contributed by atoms with Crippen molar-refractivity contribution >= 4 is 28.4 Å². The van der Waals surface area contributed by atoms with Gasteiger partial charge in [-0.2, -0.15) is 0 Å². The van der Waals surface area contributed by atoms with Crippen LogP contribution in [-0.4, -0.2) is 33.6 Å². The van der Waals surface area contributed by atoms with E-state index in [4.69, 9.17) is 5.73 Å². The van der Waals surface area contributed by atoms with Gasteiger partial charge in [0.05, 0.1) is 17.2 Å². The van der Waals surface area contributed by atoms with Crippen LogP contribution in [0.5, 0.6) is 0 Å². The maximum absolute atomic E-state index is 14.3. The third-order valence-electron chi connectivity index (χ3n) is 7.18. The number of nitrogens with two attached hydrogens (primary N) is 1. The number of hydrogen-bond donors (Lipinski definition) is 3. The molecule has 0 unspecified atom stereocenters. The minimum absolute atomic E-state index is 0.00183. The van der Waals surface area contributed by atoms with E-state index in [2.05, 4.69) is 19.2 Å². The van der Waals surface area contributed by atoms with Crippen molar-refractivity contribution in [1.82, 2.24) is 4.57 Å². The van der Waals surface area contributed by atoms with Crippen LogP contribution in [-0.2, 0) is 6.42 Å². The average Bonchev–Trinajstić information content (AvgIpc) is 3.07. The van der Waals surface area contributed by atoms with Crippen LogP contribution in [0.3, 0.4) is 0 Å². The highest BCUT2D eigenvalue weighted by molar-refractivity contribution is 6.06. The first kappa shape index (κ1) is 22.6. The van der Waals surface area contributed by atoms with Crippen molar-refractivity contribution in [1.29, 1.82) is 0 Å². The normalized spacial score (nSPS) is 21.9. The van der Waals surface area contributed by atoms with Gasteiger partial charge in [0, 0.05) is 34.8 Å². The van der Waals surface area contributed by atoms with Crippen molar-refractivity contribution in [3.05, 3.63) is 53.5 Å². The van der Waals surface area contributed by atoms with Crippen molar-refractivity contribution < 1.29 is 19.1 Å². The number of carbonyl (C=O) groups is 2. The molecule has 5 rings (SSSR count). The molecule has 6 nitrogen and oxygen atoms in total. The number of fused-ring (bicyclic) bond motifs is 3. The number of nitrogens with one attached hydrogen (secondary N) is 1. The fourth-order valence-electron chi connectivity index (χ4n) is 5.57. The summed E-state index contributed by atoms with van der Waals surface area (Å²) in [5.41, 5.74) is 9.63. The smallest absolute Gasteiger partial charge is 0.250 e. The summed E-state index contributed by atoms with van der Waals surface area (Å²) in [6.07, 6.45) is 3.81. The molecule has 2 aliphatic rings. The number of halogens is 1. The Morgan fingerprint density at radius 2 is 1.85 bits per heavy atom. The lowest BCUT2D eigenvalue weighted by molar-refractivity contribution is 0.0816. The van der Waals surface area contributed by atoms with Gasteiger partial charge in [0.25, 0.3) is 5.91 Å². The standard InChI is InChI=1S/C27H30FN3O3/c1-27(2)13-23-25(20-12-16(28)4-10-22(20)31(23)24(33)14-27)15-3-9-19(26(29)34)21(11-15)30-17-5-7-18(32)8-6-17/h3-4,9-12,17-18,30,32H,5-8,13-14H2,1-2H3,(H2,29,34). The average molecular weight is 464 g/mol. The first-order chi connectivity index (χ1) is 16.1. The molecule has 1 saturated carbocycles. The molecule has 2 heterocycles. The zero-order valence-electron chi connectivity index (χ0n) is 19.5. The highest BCUT2D eigenvalue weighted by Gasteiger charge is 2.35. The lowest BCUT2D eigenvalue weighted by Gasteiger charge is -2.31. The maximum atomic E-state index is 14.3. The van der Waals surface area contributed by atoms with Crippen LogP contribution >= 0.6 is 0 Å². The van der Waals surface area contributed by atoms with Crippen molar-refractivity contribution in [3.63, 3.8) is 0 Å². The van der Waals surface area contributed by atoms with Gasteiger partial charge >= 0.3 is 0 Å². The van der Waals surface area contributed by atoms with Gasteiger partial charge < -0.3 is 16.2 Å². The number of aliphatic hydroxyl groups is 1. The molecule has 0 atom stereocenters. The van der Waals surface area contributed by atoms with Gasteiger partial charge in [0.2, 0.25) is 5.91 Å². The molecule has 0 saturated heterocycles. The van der Waals surface area contributed by atoms with E-state index in [1.807, 2.05) is 12.1 Å². The van der Waals surface area contributed by atoms with Crippen LogP contribution in [0, 0.1) is 11.2 Å². The van der Waals surface area contributed by atoms with Crippen molar-refractivity contribution in [2.24, 2.45) is 11.1 Å². The van der Waals surface area contributed by atoms with Crippen LogP contribution in [0.1, 0.15) is 66.8 Å². The summed E-state index contributed by atoms with van der Waals surface area (Å²) in [5, 5.41) is 14.0. The van der Waals surface area contributed by atoms with Gasteiger partial charge in [-0.3, -0.25) is 14.2 Å². The Bertz CT molecular complexity index is 1300. The van der Waals surface area contributed by atoms with E-state index in [0.29, 0.717) is 47.8 Å². The molecule has 0 bridgehead atoms. The van der Waals surface area contributed by atoms with Gasteiger partial charge in [-0.15, -0.1) is 0 Å². The van der Waals surface area contributed by atoms with E-state index in [0.717, 1.165) is 29.7 Å². The Kier molecular flexibility index (Phi) is 5.47. The number of aliphatic hydroxyl groups excluding tert-OH is 1. The fraction of sp³-hybridized carbons (Fsp3) is 0.407. The molecule has 178 valence electrons. The minimum Gasteiger partial charge on any atom is -0.393 e. The van der Waals surface area contributed by atoms with Crippen LogP contribution in [0.4, 0.5) is 10.1 Å². The molecule has 1 aromatic heterocycles. The monoisotopic (exact) mass is 463 g/mol. The first-order valence-electron chi connectivity index (χ1n) is 11.9. The molecule has 1 aliphatic carbocycles. The highest BCUT2D eigenvalue weighted by atomic mass is 19.1. The third kappa shape index (κ3) is 3.98. The number of nitrogens with zero attached hydrogens (tertiary/aromatic N) is 1. The van der Waals surface area contributed by atoms with E-state index >= 15 is 0 Å². The van der Waals surface area contributed by atoms with Crippen molar-refractivity contribution in [3.8, 4) is 11.1 Å². The lowest BCUT2D eigenvalue weighted by atomic mass is 9.80. The highest BCUT2D eigenvalue weighted by Crippen LogP contribution is 2.43. The summed E-state index contributed by atoms with van der Waals surface area (Å²) in [7, 11) is 0. The molecule has 3 aromatic rings. The second-order valence-electron chi connectivity index (χ2n) is 10.5. The number of hydrogen-bond acceptors (Lipinski definition) is 4. The van der Waals surface area contributed by atoms with Crippen molar-refractivity contribution in [2.75, 3.05) is 5.32 Å². The van der Waals surface area contributed by atoms with Gasteiger partial charge in [0.1, 0.15) is 5.82 Å². The second-order valence-corrected chi connectivity index (χ2v) is 10.5. The Morgan fingerprint density at radius 3 is 2.56 bits per heavy atom.